The number of hydrogen-bond donors (Lipinski definition) is 0. The Kier molecular flexibility index (Phi) is 7.54. The fourth-order valence-corrected chi connectivity index (χ4v) is 7.19. The number of rotatable bonds is 9. The first-order valence-electron chi connectivity index (χ1n) is 8.39. The average molecular weight is 391 g/mol. The third kappa shape index (κ3) is 5.59. The van der Waals surface area contributed by atoms with Gasteiger partial charge in [0.15, 0.2) is 0 Å². The molecule has 0 amide bonds. The van der Waals surface area contributed by atoms with Crippen LogP contribution < -0.4 is 10.4 Å². The van der Waals surface area contributed by atoms with Gasteiger partial charge in [0.05, 0.1) is 0 Å². The van der Waals surface area contributed by atoms with Crippen LogP contribution in [-0.4, -0.2) is 27.3 Å². The second kappa shape index (κ2) is 9.41. The Bertz CT molecular complexity index is 517. The van der Waals surface area contributed by atoms with Crippen LogP contribution in [0.1, 0.15) is 26.7 Å². The van der Waals surface area contributed by atoms with Crippen molar-refractivity contribution in [1.82, 2.24) is 0 Å². The molecule has 0 heterocycles. The van der Waals surface area contributed by atoms with Crippen LogP contribution in [0, 0.1) is 0 Å². The second-order valence-corrected chi connectivity index (χ2v) is 11.2. The van der Waals surface area contributed by atoms with Gasteiger partial charge >= 0.3 is 0 Å². The Labute approximate surface area is 150 Å². The highest BCUT2D eigenvalue weighted by Crippen LogP contribution is 2.28. The lowest BCUT2D eigenvalue weighted by Crippen LogP contribution is -2.51. The number of hydrogen-bond acceptors (Lipinski definition) is 1. The number of halogens is 1. The molecule has 0 aromatic heterocycles. The Morgan fingerprint density at radius 3 is 1.87 bits per heavy atom. The SMILES string of the molecule is CC(C)(COCCCCBr)[SiH](c1ccccc1)c1ccccc1. The van der Waals surface area contributed by atoms with E-state index in [0.717, 1.165) is 25.0 Å². The smallest absolute Gasteiger partial charge is 0.110 e. The Balaban J connectivity index is 2.16. The van der Waals surface area contributed by atoms with E-state index in [1.807, 2.05) is 0 Å². The van der Waals surface area contributed by atoms with E-state index in [4.69, 9.17) is 4.74 Å². The van der Waals surface area contributed by atoms with Crippen LogP contribution in [-0.2, 0) is 4.74 Å². The van der Waals surface area contributed by atoms with Gasteiger partial charge in [0.25, 0.3) is 0 Å². The van der Waals surface area contributed by atoms with E-state index in [9.17, 15) is 0 Å². The van der Waals surface area contributed by atoms with Crippen LogP contribution in [0.15, 0.2) is 60.7 Å². The maximum atomic E-state index is 6.04. The minimum absolute atomic E-state index is 0.178. The first-order valence-corrected chi connectivity index (χ1v) is 11.2. The maximum Gasteiger partial charge on any atom is 0.110 e. The van der Waals surface area contributed by atoms with E-state index in [-0.39, 0.29) is 5.04 Å². The van der Waals surface area contributed by atoms with Gasteiger partial charge < -0.3 is 4.74 Å². The van der Waals surface area contributed by atoms with Crippen molar-refractivity contribution in [2.24, 2.45) is 0 Å². The summed E-state index contributed by atoms with van der Waals surface area (Å²) < 4.78 is 6.04. The van der Waals surface area contributed by atoms with Crippen molar-refractivity contribution in [3.8, 4) is 0 Å². The third-order valence-electron chi connectivity index (χ3n) is 4.19. The highest BCUT2D eigenvalue weighted by atomic mass is 79.9. The van der Waals surface area contributed by atoms with Crippen molar-refractivity contribution < 1.29 is 4.74 Å². The lowest BCUT2D eigenvalue weighted by molar-refractivity contribution is 0.112. The average Bonchev–Trinajstić information content (AvgIpc) is 2.56. The summed E-state index contributed by atoms with van der Waals surface area (Å²) in [5, 5.41) is 4.22. The Hall–Kier alpha value is -0.903. The molecule has 0 fully saturated rings. The van der Waals surface area contributed by atoms with Crippen LogP contribution in [0.25, 0.3) is 0 Å². The first-order chi connectivity index (χ1) is 11.1. The molecule has 0 aliphatic heterocycles. The van der Waals surface area contributed by atoms with Crippen LogP contribution in [0.2, 0.25) is 5.04 Å². The molecule has 0 aliphatic rings. The molecule has 124 valence electrons. The van der Waals surface area contributed by atoms with Crippen LogP contribution >= 0.6 is 15.9 Å². The minimum Gasteiger partial charge on any atom is -0.381 e. The largest absolute Gasteiger partial charge is 0.381 e. The molecular formula is C20H27BrOSi. The van der Waals surface area contributed by atoms with Gasteiger partial charge in [0.1, 0.15) is 8.80 Å². The van der Waals surface area contributed by atoms with Crippen molar-refractivity contribution in [2.75, 3.05) is 18.5 Å². The summed E-state index contributed by atoms with van der Waals surface area (Å²) in [5.74, 6) is 0. The predicted molar refractivity (Wildman–Crippen MR) is 107 cm³/mol. The zero-order valence-corrected chi connectivity index (χ0v) is 16.9. The first kappa shape index (κ1) is 18.4. The van der Waals surface area contributed by atoms with Gasteiger partial charge in [-0.05, 0) is 17.9 Å². The molecule has 0 bridgehead atoms. The molecule has 0 N–H and O–H groups in total. The highest BCUT2D eigenvalue weighted by molar-refractivity contribution is 9.09. The molecule has 2 aromatic carbocycles. The molecule has 0 spiro atoms. The van der Waals surface area contributed by atoms with Crippen LogP contribution in [0.5, 0.6) is 0 Å². The zero-order chi connectivity index (χ0) is 16.5. The van der Waals surface area contributed by atoms with E-state index < -0.39 is 8.80 Å². The summed E-state index contributed by atoms with van der Waals surface area (Å²) >= 11 is 3.48. The van der Waals surface area contributed by atoms with Crippen molar-refractivity contribution in [2.45, 2.75) is 31.7 Å². The molecule has 0 aliphatic carbocycles. The van der Waals surface area contributed by atoms with Gasteiger partial charge in [-0.15, -0.1) is 0 Å². The predicted octanol–water partition coefficient (Wildman–Crippen LogP) is 4.00. The van der Waals surface area contributed by atoms with Gasteiger partial charge in [-0.1, -0.05) is 101 Å². The molecule has 2 rings (SSSR count). The second-order valence-electron chi connectivity index (χ2n) is 6.69. The number of benzene rings is 2. The third-order valence-corrected chi connectivity index (χ3v) is 8.59. The number of ether oxygens (including phenoxy) is 1. The van der Waals surface area contributed by atoms with Crippen LogP contribution in [0.4, 0.5) is 0 Å². The molecule has 2 aromatic rings. The molecule has 3 heteroatoms. The van der Waals surface area contributed by atoms with Crippen molar-refractivity contribution in [3.05, 3.63) is 60.7 Å². The molecule has 1 nitrogen and oxygen atoms in total. The fourth-order valence-electron chi connectivity index (χ4n) is 3.10. The maximum absolute atomic E-state index is 6.04. The Morgan fingerprint density at radius 2 is 1.39 bits per heavy atom. The molecular weight excluding hydrogens is 364 g/mol. The summed E-state index contributed by atoms with van der Waals surface area (Å²) in [6, 6.07) is 22.0. The summed E-state index contributed by atoms with van der Waals surface area (Å²) in [6.45, 7) is 6.43. The van der Waals surface area contributed by atoms with Crippen molar-refractivity contribution in [3.63, 3.8) is 0 Å². The lowest BCUT2D eigenvalue weighted by atomic mass is 10.2. The van der Waals surface area contributed by atoms with E-state index in [2.05, 4.69) is 90.4 Å². The number of alkyl halides is 1. The van der Waals surface area contributed by atoms with Gasteiger partial charge in [-0.2, -0.15) is 0 Å². The highest BCUT2D eigenvalue weighted by Gasteiger charge is 2.34. The molecule has 0 saturated heterocycles. The molecule has 0 atom stereocenters. The van der Waals surface area contributed by atoms with Crippen molar-refractivity contribution in [1.29, 1.82) is 0 Å². The topological polar surface area (TPSA) is 9.23 Å². The molecule has 0 unspecified atom stereocenters. The minimum atomic E-state index is -1.35. The summed E-state index contributed by atoms with van der Waals surface area (Å²) in [5.41, 5.74) is 0. The normalized spacial score (nSPS) is 11.8. The fraction of sp³-hybridized carbons (Fsp3) is 0.400. The van der Waals surface area contributed by atoms with E-state index in [0.29, 0.717) is 0 Å². The molecule has 0 saturated carbocycles. The summed E-state index contributed by atoms with van der Waals surface area (Å²) in [7, 11) is -1.35. The molecule has 23 heavy (non-hydrogen) atoms. The van der Waals surface area contributed by atoms with Gasteiger partial charge in [-0.25, -0.2) is 0 Å². The Morgan fingerprint density at radius 1 is 0.870 bits per heavy atom. The van der Waals surface area contributed by atoms with E-state index in [1.54, 1.807) is 0 Å². The molecule has 0 radical (unpaired) electrons. The van der Waals surface area contributed by atoms with E-state index >= 15 is 0 Å². The van der Waals surface area contributed by atoms with Crippen LogP contribution in [0.3, 0.4) is 0 Å². The monoisotopic (exact) mass is 390 g/mol. The van der Waals surface area contributed by atoms with Gasteiger partial charge in [-0.3, -0.25) is 0 Å². The lowest BCUT2D eigenvalue weighted by Gasteiger charge is -2.34. The van der Waals surface area contributed by atoms with Gasteiger partial charge in [0, 0.05) is 18.5 Å². The van der Waals surface area contributed by atoms with Gasteiger partial charge in [0.2, 0.25) is 0 Å². The summed E-state index contributed by atoms with van der Waals surface area (Å²) in [6.07, 6.45) is 2.31. The van der Waals surface area contributed by atoms with E-state index in [1.165, 1.54) is 16.8 Å². The summed E-state index contributed by atoms with van der Waals surface area (Å²) in [4.78, 5) is 0. The zero-order valence-electron chi connectivity index (χ0n) is 14.2. The standard InChI is InChI=1S/C20H27BrOSi/c1-20(2,17-22-16-10-9-15-21)23(18-11-5-3-6-12-18)19-13-7-4-8-14-19/h3-8,11-14,23H,9-10,15-17H2,1-2H3. The number of unbranched alkanes of at least 4 members (excludes halogenated alkanes) is 1. The quantitative estimate of drug-likeness (QED) is 0.357. The van der Waals surface area contributed by atoms with Crippen molar-refractivity contribution >= 4 is 35.1 Å².